The van der Waals surface area contributed by atoms with Gasteiger partial charge in [0.2, 0.25) is 0 Å². The van der Waals surface area contributed by atoms with Gasteiger partial charge in [0.15, 0.2) is 0 Å². The van der Waals surface area contributed by atoms with Gasteiger partial charge in [-0.05, 0) is 31.6 Å². The van der Waals surface area contributed by atoms with Crippen LogP contribution in [-0.2, 0) is 0 Å². The summed E-state index contributed by atoms with van der Waals surface area (Å²) in [6, 6.07) is 2.51. The van der Waals surface area contributed by atoms with Gasteiger partial charge in [0.1, 0.15) is 0 Å². The van der Waals surface area contributed by atoms with Crippen LogP contribution >= 0.6 is 0 Å². The third-order valence-corrected chi connectivity index (χ3v) is 3.34. The number of rotatable bonds is 1. The minimum atomic E-state index is -0.0353. The zero-order chi connectivity index (χ0) is 9.19. The van der Waals surface area contributed by atoms with Crippen molar-refractivity contribution in [2.45, 2.75) is 46.5 Å². The molecule has 0 radical (unpaired) electrons. The van der Waals surface area contributed by atoms with Gasteiger partial charge >= 0.3 is 0 Å². The van der Waals surface area contributed by atoms with Crippen LogP contribution < -0.4 is 0 Å². The molecule has 2 unspecified atom stereocenters. The lowest BCUT2D eigenvalue weighted by Crippen LogP contribution is -2.32. The SMILES string of the molecule is CC(C)C1CCCCC1(C)C#N. The average Bonchev–Trinajstić information content (AvgIpc) is 2.05. The highest BCUT2D eigenvalue weighted by atomic mass is 14.4. The van der Waals surface area contributed by atoms with Crippen molar-refractivity contribution in [2.75, 3.05) is 0 Å². The third kappa shape index (κ3) is 1.63. The summed E-state index contributed by atoms with van der Waals surface area (Å²) in [6.07, 6.45) is 4.92. The fourth-order valence-electron chi connectivity index (χ4n) is 2.57. The summed E-state index contributed by atoms with van der Waals surface area (Å²) in [5.74, 6) is 1.28. The summed E-state index contributed by atoms with van der Waals surface area (Å²) >= 11 is 0. The van der Waals surface area contributed by atoms with Crippen LogP contribution in [0.15, 0.2) is 0 Å². The number of hydrogen-bond donors (Lipinski definition) is 0. The molecule has 1 aliphatic rings. The van der Waals surface area contributed by atoms with Gasteiger partial charge in [0.05, 0.1) is 11.5 Å². The Labute approximate surface area is 75.8 Å². The lowest BCUT2D eigenvalue weighted by atomic mass is 9.64. The van der Waals surface area contributed by atoms with E-state index in [0.717, 1.165) is 6.42 Å². The third-order valence-electron chi connectivity index (χ3n) is 3.34. The summed E-state index contributed by atoms with van der Waals surface area (Å²) in [5.41, 5.74) is -0.0353. The zero-order valence-electron chi connectivity index (χ0n) is 8.43. The number of nitriles is 1. The van der Waals surface area contributed by atoms with Crippen LogP contribution in [0.5, 0.6) is 0 Å². The molecular formula is C11H19N. The molecule has 0 spiro atoms. The maximum absolute atomic E-state index is 9.12. The van der Waals surface area contributed by atoms with E-state index in [4.69, 9.17) is 5.26 Å². The number of nitrogens with zero attached hydrogens (tertiary/aromatic N) is 1. The Kier molecular flexibility index (Phi) is 2.77. The van der Waals surface area contributed by atoms with E-state index in [-0.39, 0.29) is 5.41 Å². The second-order valence-corrected chi connectivity index (χ2v) is 4.63. The second-order valence-electron chi connectivity index (χ2n) is 4.63. The first-order chi connectivity index (χ1) is 5.60. The monoisotopic (exact) mass is 165 g/mol. The normalized spacial score (nSPS) is 36.4. The fourth-order valence-corrected chi connectivity index (χ4v) is 2.57. The fraction of sp³-hybridized carbons (Fsp3) is 0.909. The molecule has 1 aliphatic carbocycles. The molecule has 0 N–H and O–H groups in total. The van der Waals surface area contributed by atoms with Crippen LogP contribution in [-0.4, -0.2) is 0 Å². The average molecular weight is 165 g/mol. The molecular weight excluding hydrogens is 146 g/mol. The van der Waals surface area contributed by atoms with Gasteiger partial charge < -0.3 is 0 Å². The quantitative estimate of drug-likeness (QED) is 0.584. The van der Waals surface area contributed by atoms with Crippen LogP contribution in [0.4, 0.5) is 0 Å². The van der Waals surface area contributed by atoms with E-state index >= 15 is 0 Å². The molecule has 1 nitrogen and oxygen atoms in total. The molecule has 0 amide bonds. The molecule has 0 heterocycles. The van der Waals surface area contributed by atoms with Gasteiger partial charge in [0, 0.05) is 0 Å². The lowest BCUT2D eigenvalue weighted by Gasteiger charge is -2.38. The molecule has 1 fully saturated rings. The highest BCUT2D eigenvalue weighted by Gasteiger charge is 2.38. The Hall–Kier alpha value is -0.510. The van der Waals surface area contributed by atoms with Gasteiger partial charge in [0.25, 0.3) is 0 Å². The van der Waals surface area contributed by atoms with Crippen LogP contribution in [0, 0.1) is 28.6 Å². The topological polar surface area (TPSA) is 23.8 Å². The van der Waals surface area contributed by atoms with Crippen molar-refractivity contribution < 1.29 is 0 Å². The molecule has 1 heteroatoms. The van der Waals surface area contributed by atoms with E-state index < -0.39 is 0 Å². The summed E-state index contributed by atoms with van der Waals surface area (Å²) in [7, 11) is 0. The largest absolute Gasteiger partial charge is 0.198 e. The van der Waals surface area contributed by atoms with E-state index in [1.165, 1.54) is 19.3 Å². The minimum absolute atomic E-state index is 0.0353. The standard InChI is InChI=1S/C11H19N/c1-9(2)10-6-4-5-7-11(10,3)8-12/h9-10H,4-7H2,1-3H3. The highest BCUT2D eigenvalue weighted by molar-refractivity contribution is 5.02. The van der Waals surface area contributed by atoms with Crippen molar-refractivity contribution in [1.82, 2.24) is 0 Å². The second kappa shape index (κ2) is 3.47. The summed E-state index contributed by atoms with van der Waals surface area (Å²) in [6.45, 7) is 6.62. The van der Waals surface area contributed by atoms with E-state index in [1.54, 1.807) is 0 Å². The zero-order valence-corrected chi connectivity index (χ0v) is 8.43. The van der Waals surface area contributed by atoms with Crippen molar-refractivity contribution >= 4 is 0 Å². The molecule has 68 valence electrons. The van der Waals surface area contributed by atoms with Crippen LogP contribution in [0.1, 0.15) is 46.5 Å². The van der Waals surface area contributed by atoms with Crippen molar-refractivity contribution in [2.24, 2.45) is 17.3 Å². The Balaban J connectivity index is 2.75. The van der Waals surface area contributed by atoms with Gasteiger partial charge in [-0.2, -0.15) is 5.26 Å². The van der Waals surface area contributed by atoms with Crippen molar-refractivity contribution in [1.29, 1.82) is 5.26 Å². The molecule has 0 aromatic carbocycles. The number of hydrogen-bond acceptors (Lipinski definition) is 1. The maximum Gasteiger partial charge on any atom is 0.0689 e. The van der Waals surface area contributed by atoms with Crippen molar-refractivity contribution in [3.8, 4) is 6.07 Å². The lowest BCUT2D eigenvalue weighted by molar-refractivity contribution is 0.132. The van der Waals surface area contributed by atoms with Gasteiger partial charge in [-0.1, -0.05) is 26.7 Å². The minimum Gasteiger partial charge on any atom is -0.198 e. The van der Waals surface area contributed by atoms with E-state index in [1.807, 2.05) is 0 Å². The van der Waals surface area contributed by atoms with E-state index in [0.29, 0.717) is 11.8 Å². The molecule has 1 saturated carbocycles. The van der Waals surface area contributed by atoms with Crippen molar-refractivity contribution in [3.05, 3.63) is 0 Å². The molecule has 2 atom stereocenters. The molecule has 1 rings (SSSR count). The first-order valence-electron chi connectivity index (χ1n) is 5.01. The van der Waals surface area contributed by atoms with Crippen LogP contribution in [0.3, 0.4) is 0 Å². The maximum atomic E-state index is 9.12. The summed E-state index contributed by atoms with van der Waals surface area (Å²) in [4.78, 5) is 0. The van der Waals surface area contributed by atoms with Crippen molar-refractivity contribution in [3.63, 3.8) is 0 Å². The van der Waals surface area contributed by atoms with E-state index in [9.17, 15) is 0 Å². The van der Waals surface area contributed by atoms with Gasteiger partial charge in [-0.25, -0.2) is 0 Å². The van der Waals surface area contributed by atoms with Crippen LogP contribution in [0.25, 0.3) is 0 Å². The predicted molar refractivity (Wildman–Crippen MR) is 50.5 cm³/mol. The summed E-state index contributed by atoms with van der Waals surface area (Å²) < 4.78 is 0. The Bertz CT molecular complexity index is 190. The molecule has 0 aliphatic heterocycles. The molecule has 0 aromatic rings. The van der Waals surface area contributed by atoms with Crippen LogP contribution in [0.2, 0.25) is 0 Å². The smallest absolute Gasteiger partial charge is 0.0689 e. The highest BCUT2D eigenvalue weighted by Crippen LogP contribution is 2.44. The van der Waals surface area contributed by atoms with Gasteiger partial charge in [-0.3, -0.25) is 0 Å². The summed E-state index contributed by atoms with van der Waals surface area (Å²) in [5, 5.41) is 9.12. The molecule has 0 bridgehead atoms. The first-order valence-corrected chi connectivity index (χ1v) is 5.01. The Morgan fingerprint density at radius 2 is 2.08 bits per heavy atom. The first kappa shape index (κ1) is 9.58. The Morgan fingerprint density at radius 3 is 2.50 bits per heavy atom. The molecule has 0 aromatic heterocycles. The van der Waals surface area contributed by atoms with Gasteiger partial charge in [-0.15, -0.1) is 0 Å². The van der Waals surface area contributed by atoms with E-state index in [2.05, 4.69) is 26.8 Å². The Morgan fingerprint density at radius 1 is 1.42 bits per heavy atom. The molecule has 12 heavy (non-hydrogen) atoms. The predicted octanol–water partition coefficient (Wildman–Crippen LogP) is 3.36. The molecule has 0 saturated heterocycles.